The summed E-state index contributed by atoms with van der Waals surface area (Å²) in [6.45, 7) is 1.25. The zero-order valence-electron chi connectivity index (χ0n) is 8.96. The SMILES string of the molecule is O=C1NCCCN1c1ccc(S(=O)(=O)O)cc1. The van der Waals surface area contributed by atoms with Crippen LogP contribution in [0.3, 0.4) is 0 Å². The van der Waals surface area contributed by atoms with Gasteiger partial charge in [-0.2, -0.15) is 8.42 Å². The Hall–Kier alpha value is -1.60. The lowest BCUT2D eigenvalue weighted by Gasteiger charge is -2.27. The molecule has 17 heavy (non-hydrogen) atoms. The average Bonchev–Trinajstić information content (AvgIpc) is 2.29. The molecule has 7 heteroatoms. The third-order valence-electron chi connectivity index (χ3n) is 2.53. The first-order chi connectivity index (χ1) is 7.98. The molecule has 0 bridgehead atoms. The van der Waals surface area contributed by atoms with Crippen LogP contribution in [0.25, 0.3) is 0 Å². The molecular weight excluding hydrogens is 244 g/mol. The zero-order chi connectivity index (χ0) is 12.5. The Balaban J connectivity index is 2.26. The predicted octanol–water partition coefficient (Wildman–Crippen LogP) is 0.853. The van der Waals surface area contributed by atoms with E-state index in [4.69, 9.17) is 4.55 Å². The molecule has 0 radical (unpaired) electrons. The molecule has 0 spiro atoms. The van der Waals surface area contributed by atoms with Gasteiger partial charge in [0.1, 0.15) is 0 Å². The number of rotatable bonds is 2. The summed E-state index contributed by atoms with van der Waals surface area (Å²) in [7, 11) is -4.18. The van der Waals surface area contributed by atoms with Crippen molar-refractivity contribution in [2.24, 2.45) is 0 Å². The molecule has 1 aromatic rings. The minimum atomic E-state index is -4.18. The first-order valence-corrected chi connectivity index (χ1v) is 6.55. The van der Waals surface area contributed by atoms with E-state index in [1.54, 1.807) is 0 Å². The maximum atomic E-state index is 11.5. The van der Waals surface area contributed by atoms with Gasteiger partial charge >= 0.3 is 6.03 Å². The van der Waals surface area contributed by atoms with E-state index in [0.29, 0.717) is 18.8 Å². The number of anilines is 1. The number of benzene rings is 1. The molecule has 0 saturated carbocycles. The Morgan fingerprint density at radius 3 is 2.41 bits per heavy atom. The van der Waals surface area contributed by atoms with Gasteiger partial charge in [-0.1, -0.05) is 0 Å². The molecule has 0 unspecified atom stereocenters. The summed E-state index contributed by atoms with van der Waals surface area (Å²) in [4.78, 5) is 12.9. The molecule has 1 saturated heterocycles. The lowest BCUT2D eigenvalue weighted by atomic mass is 10.2. The standard InChI is InChI=1S/C10H12N2O4S/c13-10-11-6-1-7-12(10)8-2-4-9(5-3-8)17(14,15)16/h2-5H,1,6-7H2,(H,11,13)(H,14,15,16). The summed E-state index contributed by atoms with van der Waals surface area (Å²) in [5.74, 6) is 0. The summed E-state index contributed by atoms with van der Waals surface area (Å²) in [6.07, 6.45) is 0.839. The van der Waals surface area contributed by atoms with Crippen LogP contribution in [0.15, 0.2) is 29.2 Å². The predicted molar refractivity (Wildman–Crippen MR) is 61.6 cm³/mol. The number of nitrogens with zero attached hydrogens (tertiary/aromatic N) is 1. The number of nitrogens with one attached hydrogen (secondary N) is 1. The summed E-state index contributed by atoms with van der Waals surface area (Å²) < 4.78 is 30.5. The van der Waals surface area contributed by atoms with Gasteiger partial charge in [-0.3, -0.25) is 9.45 Å². The second-order valence-electron chi connectivity index (χ2n) is 3.71. The van der Waals surface area contributed by atoms with Gasteiger partial charge in [0.25, 0.3) is 10.1 Å². The highest BCUT2D eigenvalue weighted by Crippen LogP contribution is 2.19. The first-order valence-electron chi connectivity index (χ1n) is 5.11. The third kappa shape index (κ3) is 2.56. The molecule has 2 N–H and O–H groups in total. The molecule has 1 aliphatic heterocycles. The largest absolute Gasteiger partial charge is 0.338 e. The Bertz CT molecular complexity index is 524. The lowest BCUT2D eigenvalue weighted by Crippen LogP contribution is -2.46. The fourth-order valence-electron chi connectivity index (χ4n) is 1.67. The van der Waals surface area contributed by atoms with Gasteiger partial charge in [-0.15, -0.1) is 0 Å². The maximum absolute atomic E-state index is 11.5. The molecule has 1 aliphatic rings. The molecule has 0 atom stereocenters. The quantitative estimate of drug-likeness (QED) is 0.768. The highest BCUT2D eigenvalue weighted by Gasteiger charge is 2.19. The summed E-state index contributed by atoms with van der Waals surface area (Å²) in [5, 5.41) is 2.69. The minimum absolute atomic E-state index is 0.182. The van der Waals surface area contributed by atoms with Crippen molar-refractivity contribution >= 4 is 21.8 Å². The molecule has 0 aromatic heterocycles. The number of amides is 2. The van der Waals surface area contributed by atoms with E-state index in [1.165, 1.54) is 29.2 Å². The van der Waals surface area contributed by atoms with Crippen molar-refractivity contribution in [3.8, 4) is 0 Å². The topological polar surface area (TPSA) is 86.7 Å². The summed E-state index contributed by atoms with van der Waals surface area (Å²) >= 11 is 0. The van der Waals surface area contributed by atoms with E-state index in [-0.39, 0.29) is 10.9 Å². The number of hydrogen-bond donors (Lipinski definition) is 2. The molecule has 2 rings (SSSR count). The monoisotopic (exact) mass is 256 g/mol. The van der Waals surface area contributed by atoms with Gasteiger partial charge in [-0.25, -0.2) is 4.79 Å². The first kappa shape index (κ1) is 11.9. The molecule has 92 valence electrons. The molecular formula is C10H12N2O4S. The van der Waals surface area contributed by atoms with Crippen LogP contribution < -0.4 is 10.2 Å². The van der Waals surface area contributed by atoms with Crippen molar-refractivity contribution in [1.29, 1.82) is 0 Å². The number of urea groups is 1. The van der Waals surface area contributed by atoms with Gasteiger partial charge in [0.05, 0.1) is 4.90 Å². The third-order valence-corrected chi connectivity index (χ3v) is 3.39. The van der Waals surface area contributed by atoms with E-state index in [0.717, 1.165) is 6.42 Å². The van der Waals surface area contributed by atoms with Gasteiger partial charge in [0.2, 0.25) is 0 Å². The second kappa shape index (κ2) is 4.34. The molecule has 1 fully saturated rings. The van der Waals surface area contributed by atoms with Gasteiger partial charge in [0, 0.05) is 18.8 Å². The van der Waals surface area contributed by atoms with Crippen molar-refractivity contribution in [3.63, 3.8) is 0 Å². The normalized spacial score (nSPS) is 16.8. The van der Waals surface area contributed by atoms with Crippen LogP contribution in [-0.2, 0) is 10.1 Å². The molecule has 1 heterocycles. The Labute approximate surface area is 99.0 Å². The zero-order valence-corrected chi connectivity index (χ0v) is 9.77. The Morgan fingerprint density at radius 1 is 1.24 bits per heavy atom. The van der Waals surface area contributed by atoms with Crippen LogP contribution >= 0.6 is 0 Å². The van der Waals surface area contributed by atoms with Crippen LogP contribution in [0.2, 0.25) is 0 Å². The number of carbonyl (C=O) groups excluding carboxylic acids is 1. The van der Waals surface area contributed by atoms with Gasteiger partial charge in [0.15, 0.2) is 0 Å². The van der Waals surface area contributed by atoms with Crippen LogP contribution in [0.5, 0.6) is 0 Å². The van der Waals surface area contributed by atoms with Crippen LogP contribution in [-0.4, -0.2) is 32.1 Å². The average molecular weight is 256 g/mol. The van der Waals surface area contributed by atoms with Gasteiger partial charge in [-0.05, 0) is 30.7 Å². The van der Waals surface area contributed by atoms with Gasteiger partial charge < -0.3 is 5.32 Å². The highest BCUT2D eigenvalue weighted by atomic mass is 32.2. The number of hydrogen-bond acceptors (Lipinski definition) is 3. The molecule has 6 nitrogen and oxygen atoms in total. The van der Waals surface area contributed by atoms with Crippen molar-refractivity contribution in [2.75, 3.05) is 18.0 Å². The second-order valence-corrected chi connectivity index (χ2v) is 5.13. The van der Waals surface area contributed by atoms with Crippen LogP contribution in [0.4, 0.5) is 10.5 Å². The van der Waals surface area contributed by atoms with E-state index < -0.39 is 10.1 Å². The van der Waals surface area contributed by atoms with E-state index in [2.05, 4.69) is 5.32 Å². The fourth-order valence-corrected chi connectivity index (χ4v) is 2.15. The van der Waals surface area contributed by atoms with E-state index >= 15 is 0 Å². The smallest absolute Gasteiger partial charge is 0.321 e. The minimum Gasteiger partial charge on any atom is -0.338 e. The van der Waals surface area contributed by atoms with Crippen LogP contribution in [0, 0.1) is 0 Å². The van der Waals surface area contributed by atoms with Crippen molar-refractivity contribution in [1.82, 2.24) is 5.32 Å². The molecule has 0 aliphatic carbocycles. The van der Waals surface area contributed by atoms with Crippen molar-refractivity contribution in [3.05, 3.63) is 24.3 Å². The van der Waals surface area contributed by atoms with Crippen molar-refractivity contribution in [2.45, 2.75) is 11.3 Å². The fraction of sp³-hybridized carbons (Fsp3) is 0.300. The van der Waals surface area contributed by atoms with E-state index in [9.17, 15) is 13.2 Å². The summed E-state index contributed by atoms with van der Waals surface area (Å²) in [6, 6.07) is 5.33. The molecule has 1 aromatic carbocycles. The highest BCUT2D eigenvalue weighted by molar-refractivity contribution is 7.85. The lowest BCUT2D eigenvalue weighted by molar-refractivity contribution is 0.243. The van der Waals surface area contributed by atoms with E-state index in [1.807, 2.05) is 0 Å². The maximum Gasteiger partial charge on any atom is 0.321 e. The number of carbonyl (C=O) groups is 1. The van der Waals surface area contributed by atoms with Crippen molar-refractivity contribution < 1.29 is 17.8 Å². The Morgan fingerprint density at radius 2 is 1.88 bits per heavy atom. The molecule has 2 amide bonds. The summed E-state index contributed by atoms with van der Waals surface area (Å²) in [5.41, 5.74) is 0.606. The van der Waals surface area contributed by atoms with Crippen LogP contribution in [0.1, 0.15) is 6.42 Å². The Kier molecular flexibility index (Phi) is 3.03.